The lowest BCUT2D eigenvalue weighted by atomic mass is 10.1. The van der Waals surface area contributed by atoms with E-state index in [1.165, 1.54) is 31.5 Å². The second-order valence-electron chi connectivity index (χ2n) is 6.56. The molecule has 3 rings (SSSR count). The van der Waals surface area contributed by atoms with Crippen LogP contribution in [0.25, 0.3) is 0 Å². The van der Waals surface area contributed by atoms with Gasteiger partial charge in [-0.2, -0.15) is 0 Å². The van der Waals surface area contributed by atoms with E-state index in [2.05, 4.69) is 12.2 Å². The van der Waals surface area contributed by atoms with Crippen LogP contribution in [-0.2, 0) is 19.1 Å². The number of amides is 2. The number of ether oxygens (including phenoxy) is 1. The zero-order valence-electron chi connectivity index (χ0n) is 16.2. The molecule has 0 radical (unpaired) electrons. The molecule has 1 aromatic carbocycles. The minimum Gasteiger partial charge on any atom is -0.547 e. The lowest BCUT2D eigenvalue weighted by molar-refractivity contribution is -0.906. The summed E-state index contributed by atoms with van der Waals surface area (Å²) in [6.45, 7) is 9.30. The number of rotatable bonds is 6. The lowest BCUT2D eigenvalue weighted by Gasteiger charge is -2.43. The molecule has 0 saturated carbocycles. The Morgan fingerprint density at radius 3 is 2.43 bits per heavy atom. The Morgan fingerprint density at radius 1 is 1.32 bits per heavy atom. The van der Waals surface area contributed by atoms with Gasteiger partial charge >= 0.3 is 0 Å². The number of carbonyl (C=O) groups is 3. The van der Waals surface area contributed by atoms with Crippen molar-refractivity contribution in [3.05, 3.63) is 30.3 Å². The summed E-state index contributed by atoms with van der Waals surface area (Å²) in [6, 6.07) is 8.27. The molecule has 0 aromatic heterocycles. The summed E-state index contributed by atoms with van der Waals surface area (Å²) in [5, 5.41) is 12.6. The number of morpholine rings is 1. The number of carboxylic acid groups (broad SMARTS) is 1. The van der Waals surface area contributed by atoms with Gasteiger partial charge in [0.1, 0.15) is 24.5 Å². The predicted molar refractivity (Wildman–Crippen MR) is 102 cm³/mol. The van der Waals surface area contributed by atoms with Gasteiger partial charge in [0.15, 0.2) is 0 Å². The molecule has 2 saturated heterocycles. The van der Waals surface area contributed by atoms with Gasteiger partial charge in [-0.05, 0) is 19.1 Å². The number of carbonyl (C=O) groups excluding carboxylic acids is 3. The third kappa shape index (κ3) is 6.50. The molecule has 9 heteroatoms. The van der Waals surface area contributed by atoms with Crippen molar-refractivity contribution >= 4 is 29.5 Å². The van der Waals surface area contributed by atoms with Crippen molar-refractivity contribution in [3.8, 4) is 0 Å². The minimum absolute atomic E-state index is 0.177. The van der Waals surface area contributed by atoms with Gasteiger partial charge in [0.25, 0.3) is 0 Å². The molecule has 2 fully saturated rings. The van der Waals surface area contributed by atoms with Gasteiger partial charge in [-0.3, -0.25) is 9.59 Å². The molecule has 2 heterocycles. The number of likely N-dealkylation sites (N-methyl/N-ethyl adjacent to an activating group) is 1. The first-order valence-corrected chi connectivity index (χ1v) is 10.2. The number of benzene rings is 1. The molecular weight excluding hydrogens is 382 g/mol. The van der Waals surface area contributed by atoms with E-state index < -0.39 is 23.3 Å². The molecule has 2 aliphatic rings. The maximum absolute atomic E-state index is 11.8. The van der Waals surface area contributed by atoms with Crippen LogP contribution in [0.3, 0.4) is 0 Å². The Morgan fingerprint density at radius 2 is 1.96 bits per heavy atom. The molecule has 2 N–H and O–H groups in total. The summed E-state index contributed by atoms with van der Waals surface area (Å²) in [4.78, 5) is 37.5. The van der Waals surface area contributed by atoms with Crippen LogP contribution in [-0.4, -0.2) is 73.5 Å². The van der Waals surface area contributed by atoms with Crippen molar-refractivity contribution in [1.29, 1.82) is 0 Å². The predicted octanol–water partition coefficient (Wildman–Crippen LogP) is -1.88. The van der Waals surface area contributed by atoms with E-state index in [4.69, 9.17) is 4.74 Å². The number of hydrogen-bond donors (Lipinski definition) is 2. The number of thioether (sulfide) groups is 1. The summed E-state index contributed by atoms with van der Waals surface area (Å²) in [5.41, 5.74) is 0. The van der Waals surface area contributed by atoms with Crippen molar-refractivity contribution in [2.45, 2.75) is 30.2 Å². The van der Waals surface area contributed by atoms with Crippen molar-refractivity contribution in [2.24, 2.45) is 0 Å². The Balaban J connectivity index is 0.000000292. The topological polar surface area (TPSA) is 103 Å². The van der Waals surface area contributed by atoms with E-state index in [0.717, 1.165) is 29.9 Å². The van der Waals surface area contributed by atoms with Gasteiger partial charge in [0.05, 0.1) is 32.3 Å². The van der Waals surface area contributed by atoms with Crippen LogP contribution in [0.5, 0.6) is 0 Å². The number of likely N-dealkylation sites (tertiary alicyclic amines) is 1. The van der Waals surface area contributed by atoms with Crippen molar-refractivity contribution < 1.29 is 29.1 Å². The second-order valence-corrected chi connectivity index (χ2v) is 7.72. The van der Waals surface area contributed by atoms with Crippen LogP contribution >= 0.6 is 11.8 Å². The fourth-order valence-electron chi connectivity index (χ4n) is 2.90. The van der Waals surface area contributed by atoms with E-state index in [1.807, 2.05) is 6.07 Å². The molecule has 1 unspecified atom stereocenters. The Hall–Kier alpha value is -2.10. The fourth-order valence-corrected chi connectivity index (χ4v) is 3.88. The van der Waals surface area contributed by atoms with E-state index in [-0.39, 0.29) is 12.5 Å². The molecule has 0 aliphatic carbocycles. The van der Waals surface area contributed by atoms with Gasteiger partial charge in [-0.25, -0.2) is 0 Å². The van der Waals surface area contributed by atoms with E-state index in [9.17, 15) is 19.5 Å². The monoisotopic (exact) mass is 409 g/mol. The van der Waals surface area contributed by atoms with E-state index in [1.54, 1.807) is 29.2 Å². The van der Waals surface area contributed by atoms with Crippen LogP contribution in [0, 0.1) is 0 Å². The van der Waals surface area contributed by atoms with Gasteiger partial charge in [-0.1, -0.05) is 30.0 Å². The van der Waals surface area contributed by atoms with E-state index in [0.29, 0.717) is 0 Å². The van der Waals surface area contributed by atoms with Crippen LogP contribution in [0.1, 0.15) is 13.8 Å². The largest absolute Gasteiger partial charge is 0.547 e. The van der Waals surface area contributed by atoms with Crippen LogP contribution in [0.4, 0.5) is 0 Å². The maximum atomic E-state index is 11.8. The zero-order valence-corrected chi connectivity index (χ0v) is 17.0. The number of carboxylic acids is 1. The zero-order chi connectivity index (χ0) is 20.5. The molecular formula is C19H27N3O5S. The third-order valence-corrected chi connectivity index (χ3v) is 5.73. The Kier molecular flexibility index (Phi) is 8.75. The number of nitrogens with one attached hydrogen (secondary N) is 2. The van der Waals surface area contributed by atoms with Crippen molar-refractivity contribution in [3.63, 3.8) is 0 Å². The summed E-state index contributed by atoms with van der Waals surface area (Å²) in [5.74, 6) is -2.05. The van der Waals surface area contributed by atoms with Crippen molar-refractivity contribution in [1.82, 2.24) is 10.2 Å². The summed E-state index contributed by atoms with van der Waals surface area (Å²) < 4.78 is 5.18. The SMILES string of the molecule is CC(=O)N[C@H]1CN(C(Sc2ccccc2)C(=O)[O-])C1=O.CC[NH+]1CCOCC1. The normalized spacial score (nSPS) is 20.4. The standard InChI is InChI=1S/C13H14N2O4S.C6H13NO/c1-8(16)14-10-7-15(11(10)17)12(13(18)19)20-9-5-3-2-4-6-9;1-2-7-3-5-8-6-4-7/h2-6,10,12H,7H2,1H3,(H,14,16)(H,18,19);2-6H2,1H3/t10-,12?;/m0./s1. The lowest BCUT2D eigenvalue weighted by Crippen LogP contribution is -3.13. The molecule has 0 bridgehead atoms. The fraction of sp³-hybridized carbons (Fsp3) is 0.526. The Bertz CT molecular complexity index is 667. The van der Waals surface area contributed by atoms with Crippen LogP contribution in [0.15, 0.2) is 35.2 Å². The molecule has 28 heavy (non-hydrogen) atoms. The summed E-state index contributed by atoms with van der Waals surface area (Å²) in [7, 11) is 0. The molecule has 2 atom stereocenters. The first kappa shape index (κ1) is 22.2. The summed E-state index contributed by atoms with van der Waals surface area (Å²) >= 11 is 1.04. The smallest absolute Gasteiger partial charge is 0.248 e. The summed E-state index contributed by atoms with van der Waals surface area (Å²) in [6.07, 6.45) is 0. The van der Waals surface area contributed by atoms with E-state index >= 15 is 0 Å². The number of quaternary nitrogens is 1. The van der Waals surface area contributed by atoms with Gasteiger partial charge in [-0.15, -0.1) is 0 Å². The third-order valence-electron chi connectivity index (χ3n) is 4.51. The first-order chi connectivity index (χ1) is 13.4. The first-order valence-electron chi connectivity index (χ1n) is 9.33. The van der Waals surface area contributed by atoms with Crippen LogP contribution < -0.4 is 15.3 Å². The second kappa shape index (κ2) is 11.0. The molecule has 8 nitrogen and oxygen atoms in total. The average molecular weight is 410 g/mol. The molecule has 2 amide bonds. The number of aliphatic carboxylic acids is 1. The maximum Gasteiger partial charge on any atom is 0.248 e. The quantitative estimate of drug-likeness (QED) is 0.421. The number of β-lactam (4-membered cyclic amide) rings is 1. The average Bonchev–Trinajstić information content (AvgIpc) is 2.71. The molecule has 0 spiro atoms. The Labute approximate surface area is 169 Å². The highest BCUT2D eigenvalue weighted by atomic mass is 32.2. The molecule has 1 aromatic rings. The van der Waals surface area contributed by atoms with Crippen LogP contribution in [0.2, 0.25) is 0 Å². The minimum atomic E-state index is -1.33. The highest BCUT2D eigenvalue weighted by Gasteiger charge is 2.42. The molecule has 2 aliphatic heterocycles. The highest BCUT2D eigenvalue weighted by Crippen LogP contribution is 2.29. The van der Waals surface area contributed by atoms with Crippen molar-refractivity contribution in [2.75, 3.05) is 39.4 Å². The van der Waals surface area contributed by atoms with Gasteiger partial charge in [0.2, 0.25) is 11.8 Å². The van der Waals surface area contributed by atoms with Gasteiger partial charge < -0.3 is 29.8 Å². The number of nitrogens with zero attached hydrogens (tertiary/aromatic N) is 1. The van der Waals surface area contributed by atoms with Gasteiger partial charge in [0, 0.05) is 11.8 Å². The number of hydrogen-bond acceptors (Lipinski definition) is 6. The molecule has 154 valence electrons. The highest BCUT2D eigenvalue weighted by molar-refractivity contribution is 8.00.